The van der Waals surface area contributed by atoms with Gasteiger partial charge in [-0.25, -0.2) is 9.78 Å². The molecule has 0 aromatic carbocycles. The van der Waals surface area contributed by atoms with E-state index in [4.69, 9.17) is 9.72 Å². The highest BCUT2D eigenvalue weighted by molar-refractivity contribution is 5.93. The molecule has 2 saturated heterocycles. The van der Waals surface area contributed by atoms with E-state index in [0.717, 1.165) is 69.2 Å². The Morgan fingerprint density at radius 1 is 1.00 bits per heavy atom. The maximum atomic E-state index is 12.5. The number of ether oxygens (including phenoxy) is 1. The van der Waals surface area contributed by atoms with Crippen LogP contribution in [0.25, 0.3) is 0 Å². The number of hydrogen-bond acceptors (Lipinski definition) is 6. The Kier molecular flexibility index (Phi) is 17.8. The van der Waals surface area contributed by atoms with E-state index in [0.29, 0.717) is 17.4 Å². The first kappa shape index (κ1) is 40.8. The molecule has 0 radical (unpaired) electrons. The minimum absolute atomic E-state index is 0.177. The van der Waals surface area contributed by atoms with Crippen molar-refractivity contribution < 1.29 is 9.53 Å². The zero-order valence-electron chi connectivity index (χ0n) is 31.3. The summed E-state index contributed by atoms with van der Waals surface area (Å²) >= 11 is 0. The zero-order valence-corrected chi connectivity index (χ0v) is 31.3. The Hall–Kier alpha value is -3.23. The molecule has 0 unspecified atom stereocenters. The van der Waals surface area contributed by atoms with Gasteiger partial charge in [-0.05, 0) is 96.3 Å². The predicted octanol–water partition coefficient (Wildman–Crippen LogP) is 8.67. The summed E-state index contributed by atoms with van der Waals surface area (Å²) in [6.07, 6.45) is 11.3. The minimum atomic E-state index is -0.446. The number of nitrogens with zero attached hydrogens (tertiary/aromatic N) is 5. The molecule has 262 valence electrons. The molecule has 1 aromatic rings. The van der Waals surface area contributed by atoms with Gasteiger partial charge < -0.3 is 30.1 Å². The van der Waals surface area contributed by atoms with E-state index in [1.165, 1.54) is 31.3 Å². The highest BCUT2D eigenvalue weighted by Crippen LogP contribution is 2.42. The van der Waals surface area contributed by atoms with Gasteiger partial charge in [-0.1, -0.05) is 40.5 Å². The van der Waals surface area contributed by atoms with Crippen molar-refractivity contribution in [3.05, 3.63) is 42.9 Å². The second kappa shape index (κ2) is 20.1. The van der Waals surface area contributed by atoms with Crippen LogP contribution < -0.4 is 15.5 Å². The van der Waals surface area contributed by atoms with Crippen LogP contribution in [0.15, 0.2) is 47.9 Å². The number of anilines is 2. The first-order valence-corrected chi connectivity index (χ1v) is 17.6. The van der Waals surface area contributed by atoms with Crippen molar-refractivity contribution in [2.45, 2.75) is 125 Å². The first-order valence-electron chi connectivity index (χ1n) is 17.6. The molecule has 3 fully saturated rings. The van der Waals surface area contributed by atoms with E-state index in [2.05, 4.69) is 65.5 Å². The molecule has 1 spiro atoms. The summed E-state index contributed by atoms with van der Waals surface area (Å²) < 4.78 is 5.58. The highest BCUT2D eigenvalue weighted by Gasteiger charge is 2.39. The molecule has 3 aliphatic rings. The van der Waals surface area contributed by atoms with E-state index in [-0.39, 0.29) is 6.09 Å². The van der Waals surface area contributed by atoms with Crippen molar-refractivity contribution >= 4 is 23.6 Å². The number of pyridine rings is 1. The number of allylic oxidation sites excluding steroid dienone is 1. The van der Waals surface area contributed by atoms with Gasteiger partial charge in [-0.15, -0.1) is 13.2 Å². The van der Waals surface area contributed by atoms with Crippen LogP contribution in [0.5, 0.6) is 0 Å². The predicted molar refractivity (Wildman–Crippen MR) is 198 cm³/mol. The van der Waals surface area contributed by atoms with Crippen LogP contribution in [0.3, 0.4) is 0 Å². The van der Waals surface area contributed by atoms with Crippen LogP contribution in [0.2, 0.25) is 0 Å². The molecule has 2 aliphatic heterocycles. The van der Waals surface area contributed by atoms with Crippen LogP contribution in [0.4, 0.5) is 16.3 Å². The highest BCUT2D eigenvalue weighted by atomic mass is 16.6. The van der Waals surface area contributed by atoms with Crippen molar-refractivity contribution in [1.82, 2.24) is 20.1 Å². The lowest BCUT2D eigenvalue weighted by atomic mass is 9.71. The molecule has 9 nitrogen and oxygen atoms in total. The lowest BCUT2D eigenvalue weighted by molar-refractivity contribution is 0.00665. The van der Waals surface area contributed by atoms with Gasteiger partial charge in [0.2, 0.25) is 5.96 Å². The fourth-order valence-corrected chi connectivity index (χ4v) is 6.29. The second-order valence-corrected chi connectivity index (χ2v) is 13.1. The molecule has 0 atom stereocenters. The fourth-order valence-electron chi connectivity index (χ4n) is 6.29. The van der Waals surface area contributed by atoms with Crippen LogP contribution in [-0.2, 0) is 4.74 Å². The Bertz CT molecular complexity index is 1070. The third kappa shape index (κ3) is 12.2. The SMILES string of the molecule is C=C.CC.CC.CN=C(NC(=C(C)C)N(C)C1CCCC1)Nc1ccc(N2CCC3(CCN(C(=O)OC(C)(C)C)CC3)CC2)cn1. The van der Waals surface area contributed by atoms with Crippen molar-refractivity contribution in [1.29, 1.82) is 0 Å². The monoisotopic (exact) mass is 642 g/mol. The van der Waals surface area contributed by atoms with Gasteiger partial charge in [0, 0.05) is 46.3 Å². The molecule has 4 rings (SSSR count). The normalized spacial score (nSPS) is 17.7. The third-order valence-corrected chi connectivity index (χ3v) is 8.82. The molecule has 3 heterocycles. The molecule has 1 saturated carbocycles. The molecular formula is C37H67N7O2. The maximum Gasteiger partial charge on any atom is 0.410 e. The van der Waals surface area contributed by atoms with Crippen molar-refractivity contribution in [3.8, 4) is 0 Å². The summed E-state index contributed by atoms with van der Waals surface area (Å²) in [5, 5.41) is 6.89. The lowest BCUT2D eigenvalue weighted by Gasteiger charge is -2.47. The molecule has 9 heteroatoms. The second-order valence-electron chi connectivity index (χ2n) is 13.1. The Morgan fingerprint density at radius 3 is 2.00 bits per heavy atom. The molecule has 2 N–H and O–H groups in total. The lowest BCUT2D eigenvalue weighted by Crippen LogP contribution is -2.49. The Balaban J connectivity index is 0.00000166. The molecule has 1 aliphatic carbocycles. The van der Waals surface area contributed by atoms with E-state index in [1.54, 1.807) is 7.05 Å². The van der Waals surface area contributed by atoms with Gasteiger partial charge in [0.1, 0.15) is 17.2 Å². The number of likely N-dealkylation sites (tertiary alicyclic amines) is 1. The van der Waals surface area contributed by atoms with E-state index in [9.17, 15) is 4.79 Å². The van der Waals surface area contributed by atoms with E-state index >= 15 is 0 Å². The Morgan fingerprint density at radius 2 is 1.54 bits per heavy atom. The first-order chi connectivity index (χ1) is 22.0. The molecular weight excluding hydrogens is 574 g/mol. The summed E-state index contributed by atoms with van der Waals surface area (Å²) in [7, 11) is 3.97. The standard InChI is InChI=1S/C31H51N7O2.2C2H6.C2H4/c1-23(2)27(36(7)24-10-8-9-11-24)35-28(32-6)34-26-13-12-25(22-33-26)37-18-14-31(15-19-37)16-20-38(21-17-31)29(39)40-30(3,4)5;3*1-2/h12-13,22,24H,8-11,14-21H2,1-7H3,(H2,32,33,34,35);2*1-2H3;1-2H2. The minimum Gasteiger partial charge on any atom is -0.444 e. The molecule has 1 aromatic heterocycles. The summed E-state index contributed by atoms with van der Waals surface area (Å²) in [4.78, 5) is 28.3. The average molecular weight is 642 g/mol. The number of carbonyl (C=O) groups excluding carboxylic acids is 1. The van der Waals surface area contributed by atoms with Crippen LogP contribution in [0.1, 0.15) is 114 Å². The summed E-state index contributed by atoms with van der Waals surface area (Å²) in [5.74, 6) is 2.58. The average Bonchev–Trinajstić information content (AvgIpc) is 3.61. The maximum absolute atomic E-state index is 12.5. The Labute approximate surface area is 281 Å². The molecule has 46 heavy (non-hydrogen) atoms. The zero-order chi connectivity index (χ0) is 34.9. The van der Waals surface area contributed by atoms with Crippen LogP contribution >= 0.6 is 0 Å². The van der Waals surface area contributed by atoms with Gasteiger partial charge in [0.05, 0.1) is 11.9 Å². The van der Waals surface area contributed by atoms with Gasteiger partial charge in [0.25, 0.3) is 0 Å². The van der Waals surface area contributed by atoms with E-state index < -0.39 is 5.60 Å². The number of piperidine rings is 2. The molecule has 1 amide bonds. The van der Waals surface area contributed by atoms with Crippen LogP contribution in [-0.4, -0.2) is 78.8 Å². The topological polar surface area (TPSA) is 85.3 Å². The number of hydrogen-bond donors (Lipinski definition) is 2. The number of rotatable bonds is 5. The fraction of sp³-hybridized carbons (Fsp3) is 0.703. The number of carbonyl (C=O) groups is 1. The third-order valence-electron chi connectivity index (χ3n) is 8.82. The largest absolute Gasteiger partial charge is 0.444 e. The van der Waals surface area contributed by atoms with Gasteiger partial charge in [0.15, 0.2) is 0 Å². The van der Waals surface area contributed by atoms with E-state index in [1.807, 2.05) is 65.6 Å². The van der Waals surface area contributed by atoms with Gasteiger partial charge >= 0.3 is 6.09 Å². The summed E-state index contributed by atoms with van der Waals surface area (Å²) in [6.45, 7) is 27.7. The van der Waals surface area contributed by atoms with Crippen molar-refractivity contribution in [3.63, 3.8) is 0 Å². The number of guanidine groups is 1. The number of nitrogens with one attached hydrogen (secondary N) is 2. The van der Waals surface area contributed by atoms with Gasteiger partial charge in [-0.2, -0.15) is 0 Å². The van der Waals surface area contributed by atoms with Crippen molar-refractivity contribution in [2.75, 3.05) is 50.5 Å². The number of aromatic nitrogens is 1. The number of aliphatic imine (C=N–C) groups is 1. The van der Waals surface area contributed by atoms with Crippen molar-refractivity contribution in [2.24, 2.45) is 10.4 Å². The smallest absolute Gasteiger partial charge is 0.410 e. The molecule has 0 bridgehead atoms. The quantitative estimate of drug-likeness (QED) is 0.189. The summed E-state index contributed by atoms with van der Waals surface area (Å²) in [5.41, 5.74) is 2.27. The summed E-state index contributed by atoms with van der Waals surface area (Å²) in [6, 6.07) is 4.77. The number of amides is 1. The van der Waals surface area contributed by atoms with Crippen LogP contribution in [0, 0.1) is 5.41 Å². The van der Waals surface area contributed by atoms with Gasteiger partial charge in [-0.3, -0.25) is 4.99 Å².